The highest BCUT2D eigenvalue weighted by Crippen LogP contribution is 2.17. The predicted octanol–water partition coefficient (Wildman–Crippen LogP) is 1.40. The number of carbonyl (C=O) groups excluding carboxylic acids is 2. The van der Waals surface area contributed by atoms with Crippen LogP contribution in [0.25, 0.3) is 0 Å². The number of amides is 2. The van der Waals surface area contributed by atoms with Gasteiger partial charge >= 0.3 is 6.09 Å². The standard InChI is InChI=1S/C12H13ClFN3O3/c1-20-12(19)17-4-2-16(3-5-17)11(18)9-6-8(14)7-15-10(9)13/h6-7H,2-5H2,1H3. The number of rotatable bonds is 1. The molecule has 1 fully saturated rings. The van der Waals surface area contributed by atoms with Gasteiger partial charge in [0.25, 0.3) is 5.91 Å². The van der Waals surface area contributed by atoms with E-state index in [-0.39, 0.29) is 10.7 Å². The molecule has 8 heteroatoms. The minimum atomic E-state index is -0.619. The molecule has 2 rings (SSSR count). The Balaban J connectivity index is 2.05. The second-order valence-corrected chi connectivity index (χ2v) is 4.60. The zero-order valence-electron chi connectivity index (χ0n) is 10.8. The average molecular weight is 302 g/mol. The molecule has 0 atom stereocenters. The summed E-state index contributed by atoms with van der Waals surface area (Å²) in [6, 6.07) is 1.06. The smallest absolute Gasteiger partial charge is 0.409 e. The third-order valence-electron chi connectivity index (χ3n) is 3.04. The van der Waals surface area contributed by atoms with Gasteiger partial charge in [0.1, 0.15) is 11.0 Å². The molecule has 2 amide bonds. The number of carbonyl (C=O) groups is 2. The van der Waals surface area contributed by atoms with Crippen molar-refractivity contribution in [2.45, 2.75) is 0 Å². The number of halogens is 2. The van der Waals surface area contributed by atoms with Crippen LogP contribution in [0.5, 0.6) is 0 Å². The first-order chi connectivity index (χ1) is 9.52. The van der Waals surface area contributed by atoms with Crippen LogP contribution in [0.3, 0.4) is 0 Å². The molecule has 0 aliphatic carbocycles. The third kappa shape index (κ3) is 2.98. The summed E-state index contributed by atoms with van der Waals surface area (Å²) in [6.45, 7) is 1.39. The maximum atomic E-state index is 13.1. The molecule has 0 spiro atoms. The highest BCUT2D eigenvalue weighted by Gasteiger charge is 2.26. The Labute approximate surface area is 120 Å². The molecule has 0 radical (unpaired) electrons. The van der Waals surface area contributed by atoms with Crippen LogP contribution in [0.15, 0.2) is 12.3 Å². The maximum Gasteiger partial charge on any atom is 0.409 e. The summed E-state index contributed by atoms with van der Waals surface area (Å²) in [5, 5.41) is -0.0354. The van der Waals surface area contributed by atoms with Gasteiger partial charge in [-0.2, -0.15) is 0 Å². The van der Waals surface area contributed by atoms with Crippen LogP contribution < -0.4 is 0 Å². The Morgan fingerprint density at radius 3 is 2.50 bits per heavy atom. The van der Waals surface area contributed by atoms with Gasteiger partial charge in [-0.1, -0.05) is 11.6 Å². The van der Waals surface area contributed by atoms with Crippen molar-refractivity contribution in [1.29, 1.82) is 0 Å². The van der Waals surface area contributed by atoms with Crippen LogP contribution in [-0.4, -0.2) is 60.1 Å². The molecule has 0 saturated carbocycles. The van der Waals surface area contributed by atoms with Gasteiger partial charge in [0.05, 0.1) is 18.9 Å². The van der Waals surface area contributed by atoms with E-state index in [1.807, 2.05) is 0 Å². The van der Waals surface area contributed by atoms with Crippen LogP contribution in [0.1, 0.15) is 10.4 Å². The highest BCUT2D eigenvalue weighted by atomic mass is 35.5. The molecule has 1 saturated heterocycles. The number of piperazine rings is 1. The van der Waals surface area contributed by atoms with Gasteiger partial charge in [0.15, 0.2) is 0 Å². The van der Waals surface area contributed by atoms with E-state index in [2.05, 4.69) is 9.72 Å². The molecule has 20 heavy (non-hydrogen) atoms. The summed E-state index contributed by atoms with van der Waals surface area (Å²) >= 11 is 5.80. The topological polar surface area (TPSA) is 62.7 Å². The fraction of sp³-hybridized carbons (Fsp3) is 0.417. The van der Waals surface area contributed by atoms with E-state index < -0.39 is 17.8 Å². The summed E-state index contributed by atoms with van der Waals surface area (Å²) in [6.07, 6.45) is 0.524. The molecular weight excluding hydrogens is 289 g/mol. The first-order valence-electron chi connectivity index (χ1n) is 5.96. The summed E-state index contributed by atoms with van der Waals surface area (Å²) < 4.78 is 17.7. The summed E-state index contributed by atoms with van der Waals surface area (Å²) in [5.41, 5.74) is 0.0261. The van der Waals surface area contributed by atoms with Crippen molar-refractivity contribution < 1.29 is 18.7 Å². The number of hydrogen-bond acceptors (Lipinski definition) is 4. The average Bonchev–Trinajstić information content (AvgIpc) is 2.48. The third-order valence-corrected chi connectivity index (χ3v) is 3.34. The highest BCUT2D eigenvalue weighted by molar-refractivity contribution is 6.32. The second-order valence-electron chi connectivity index (χ2n) is 4.24. The van der Waals surface area contributed by atoms with Crippen molar-refractivity contribution in [3.63, 3.8) is 0 Å². The summed E-state index contributed by atoms with van der Waals surface area (Å²) in [4.78, 5) is 30.2. The van der Waals surface area contributed by atoms with Crippen LogP contribution in [0, 0.1) is 5.82 Å². The van der Waals surface area contributed by atoms with E-state index in [1.54, 1.807) is 0 Å². The SMILES string of the molecule is COC(=O)N1CCN(C(=O)c2cc(F)cnc2Cl)CC1. The number of nitrogens with zero attached hydrogens (tertiary/aromatic N) is 3. The van der Waals surface area contributed by atoms with Crippen LogP contribution in [-0.2, 0) is 4.74 Å². The van der Waals surface area contributed by atoms with Gasteiger partial charge in [-0.25, -0.2) is 14.2 Å². The van der Waals surface area contributed by atoms with Crippen molar-refractivity contribution in [2.24, 2.45) is 0 Å². The van der Waals surface area contributed by atoms with Gasteiger partial charge in [-0.05, 0) is 6.07 Å². The molecule has 2 heterocycles. The Kier molecular flexibility index (Phi) is 4.39. The first kappa shape index (κ1) is 14.5. The van der Waals surface area contributed by atoms with Gasteiger partial charge in [-0.15, -0.1) is 0 Å². The lowest BCUT2D eigenvalue weighted by molar-refractivity contribution is 0.0599. The minimum Gasteiger partial charge on any atom is -0.453 e. The number of methoxy groups -OCH3 is 1. The number of ether oxygens (including phenoxy) is 1. The summed E-state index contributed by atoms with van der Waals surface area (Å²) in [5.74, 6) is -1.02. The molecule has 0 bridgehead atoms. The van der Waals surface area contributed by atoms with Gasteiger partial charge < -0.3 is 14.5 Å². The van der Waals surface area contributed by atoms with E-state index in [0.717, 1.165) is 12.3 Å². The van der Waals surface area contributed by atoms with Crippen molar-refractivity contribution in [3.05, 3.63) is 28.8 Å². The molecule has 1 aromatic heterocycles. The normalized spacial score (nSPS) is 15.2. The Hall–Kier alpha value is -1.89. The lowest BCUT2D eigenvalue weighted by Gasteiger charge is -2.33. The number of hydrogen-bond donors (Lipinski definition) is 0. The Morgan fingerprint density at radius 1 is 1.30 bits per heavy atom. The van der Waals surface area contributed by atoms with Crippen molar-refractivity contribution in [2.75, 3.05) is 33.3 Å². The fourth-order valence-corrected chi connectivity index (χ4v) is 2.15. The number of aromatic nitrogens is 1. The van der Waals surface area contributed by atoms with Crippen LogP contribution >= 0.6 is 11.6 Å². The molecule has 108 valence electrons. The van der Waals surface area contributed by atoms with E-state index >= 15 is 0 Å². The zero-order valence-corrected chi connectivity index (χ0v) is 11.6. The molecular formula is C12H13ClFN3O3. The van der Waals surface area contributed by atoms with Gasteiger partial charge in [0, 0.05) is 26.2 Å². The van der Waals surface area contributed by atoms with Crippen LogP contribution in [0.2, 0.25) is 5.15 Å². The quantitative estimate of drug-likeness (QED) is 0.736. The molecule has 0 N–H and O–H groups in total. The lowest BCUT2D eigenvalue weighted by Crippen LogP contribution is -2.50. The van der Waals surface area contributed by atoms with E-state index in [1.165, 1.54) is 16.9 Å². The van der Waals surface area contributed by atoms with Gasteiger partial charge in [0.2, 0.25) is 0 Å². The molecule has 1 aliphatic heterocycles. The van der Waals surface area contributed by atoms with Crippen molar-refractivity contribution in [3.8, 4) is 0 Å². The van der Waals surface area contributed by atoms with E-state index in [9.17, 15) is 14.0 Å². The Morgan fingerprint density at radius 2 is 1.90 bits per heavy atom. The molecule has 0 unspecified atom stereocenters. The van der Waals surface area contributed by atoms with Crippen LogP contribution in [0.4, 0.5) is 9.18 Å². The maximum absolute atomic E-state index is 13.1. The molecule has 1 aliphatic rings. The minimum absolute atomic E-state index is 0.0261. The molecule has 1 aromatic rings. The monoisotopic (exact) mass is 301 g/mol. The first-order valence-corrected chi connectivity index (χ1v) is 6.34. The largest absolute Gasteiger partial charge is 0.453 e. The lowest BCUT2D eigenvalue weighted by atomic mass is 10.2. The van der Waals surface area contributed by atoms with Crippen molar-refractivity contribution >= 4 is 23.6 Å². The molecule has 0 aromatic carbocycles. The Bertz CT molecular complexity index is 533. The zero-order chi connectivity index (χ0) is 14.7. The second kappa shape index (κ2) is 6.04. The number of pyridine rings is 1. The fourth-order valence-electron chi connectivity index (χ4n) is 1.96. The predicted molar refractivity (Wildman–Crippen MR) is 69.1 cm³/mol. The molecule has 6 nitrogen and oxygen atoms in total. The van der Waals surface area contributed by atoms with E-state index in [4.69, 9.17) is 11.6 Å². The van der Waals surface area contributed by atoms with Crippen molar-refractivity contribution in [1.82, 2.24) is 14.8 Å². The van der Waals surface area contributed by atoms with E-state index in [0.29, 0.717) is 26.2 Å². The van der Waals surface area contributed by atoms with Gasteiger partial charge in [-0.3, -0.25) is 4.79 Å². The summed E-state index contributed by atoms with van der Waals surface area (Å²) in [7, 11) is 1.30.